The van der Waals surface area contributed by atoms with Crippen molar-refractivity contribution in [1.29, 1.82) is 0 Å². The number of fused-ring (bicyclic) bond motifs is 1. The molecule has 0 spiro atoms. The van der Waals surface area contributed by atoms with E-state index in [1.165, 1.54) is 11.1 Å². The van der Waals surface area contributed by atoms with Gasteiger partial charge in [0.1, 0.15) is 0 Å². The summed E-state index contributed by atoms with van der Waals surface area (Å²) in [6.07, 6.45) is 1.78. The standard InChI is InChI=1S/C17H15F3/c1-10-2-4-11(5-3-10)12-6-7-14-13(8-12)9-15(18)17(20)16(14)19/h2-5,9,12H,6-8H2,1H3. The van der Waals surface area contributed by atoms with Gasteiger partial charge in [-0.1, -0.05) is 29.8 Å². The van der Waals surface area contributed by atoms with Crippen LogP contribution in [-0.4, -0.2) is 0 Å². The molecule has 104 valence electrons. The van der Waals surface area contributed by atoms with Crippen LogP contribution in [0.1, 0.15) is 34.6 Å². The van der Waals surface area contributed by atoms with Crippen molar-refractivity contribution in [3.63, 3.8) is 0 Å². The predicted octanol–water partition coefficient (Wildman–Crippen LogP) is 4.68. The average molecular weight is 276 g/mol. The van der Waals surface area contributed by atoms with E-state index in [-0.39, 0.29) is 5.92 Å². The Labute approximate surface area is 116 Å². The summed E-state index contributed by atoms with van der Waals surface area (Å²) >= 11 is 0. The molecule has 3 rings (SSSR count). The Hall–Kier alpha value is -1.77. The molecule has 0 bridgehead atoms. The van der Waals surface area contributed by atoms with Crippen LogP contribution in [0, 0.1) is 24.4 Å². The van der Waals surface area contributed by atoms with E-state index >= 15 is 0 Å². The van der Waals surface area contributed by atoms with Crippen LogP contribution >= 0.6 is 0 Å². The quantitative estimate of drug-likeness (QED) is 0.663. The van der Waals surface area contributed by atoms with Gasteiger partial charge in [-0.15, -0.1) is 0 Å². The molecule has 2 aromatic carbocycles. The Morgan fingerprint density at radius 1 is 1.00 bits per heavy atom. The molecule has 0 saturated heterocycles. The van der Waals surface area contributed by atoms with Gasteiger partial charge in [-0.05, 0) is 54.9 Å². The molecule has 0 aromatic heterocycles. The normalized spacial score (nSPS) is 17.9. The van der Waals surface area contributed by atoms with E-state index in [4.69, 9.17) is 0 Å². The largest absolute Gasteiger partial charge is 0.204 e. The first kappa shape index (κ1) is 13.2. The molecule has 0 heterocycles. The summed E-state index contributed by atoms with van der Waals surface area (Å²) in [5, 5.41) is 0. The number of hydrogen-bond acceptors (Lipinski definition) is 0. The molecule has 1 atom stereocenters. The van der Waals surface area contributed by atoms with Crippen molar-refractivity contribution in [2.75, 3.05) is 0 Å². The van der Waals surface area contributed by atoms with Crippen molar-refractivity contribution in [3.05, 3.63) is 70.0 Å². The topological polar surface area (TPSA) is 0 Å². The SMILES string of the molecule is Cc1ccc(C2CCc3c(cc(F)c(F)c3F)C2)cc1. The molecule has 0 amide bonds. The van der Waals surface area contributed by atoms with Crippen molar-refractivity contribution in [2.45, 2.75) is 32.1 Å². The van der Waals surface area contributed by atoms with Crippen LogP contribution in [0.15, 0.2) is 30.3 Å². The van der Waals surface area contributed by atoms with Crippen LogP contribution in [-0.2, 0) is 12.8 Å². The molecule has 0 nitrogen and oxygen atoms in total. The van der Waals surface area contributed by atoms with Gasteiger partial charge in [-0.2, -0.15) is 0 Å². The average Bonchev–Trinajstić information content (AvgIpc) is 2.45. The first-order chi connectivity index (χ1) is 9.56. The third-order valence-corrected chi connectivity index (χ3v) is 4.11. The number of benzene rings is 2. The zero-order valence-corrected chi connectivity index (χ0v) is 11.2. The second-order valence-electron chi connectivity index (χ2n) is 5.47. The summed E-state index contributed by atoms with van der Waals surface area (Å²) in [5.74, 6) is -3.21. The third kappa shape index (κ3) is 2.21. The van der Waals surface area contributed by atoms with Gasteiger partial charge in [0, 0.05) is 0 Å². The van der Waals surface area contributed by atoms with E-state index in [1.807, 2.05) is 19.1 Å². The van der Waals surface area contributed by atoms with Crippen LogP contribution in [0.4, 0.5) is 13.2 Å². The summed E-state index contributed by atoms with van der Waals surface area (Å²) in [6, 6.07) is 9.34. The molecule has 2 aromatic rings. The number of rotatable bonds is 1. The number of hydrogen-bond donors (Lipinski definition) is 0. The minimum atomic E-state index is -1.35. The maximum Gasteiger partial charge on any atom is 0.194 e. The van der Waals surface area contributed by atoms with Crippen LogP contribution in [0.2, 0.25) is 0 Å². The summed E-state index contributed by atoms with van der Waals surface area (Å²) in [6.45, 7) is 2.02. The lowest BCUT2D eigenvalue weighted by molar-refractivity contribution is 0.428. The van der Waals surface area contributed by atoms with Gasteiger partial charge in [-0.3, -0.25) is 0 Å². The molecule has 1 unspecified atom stereocenters. The Morgan fingerprint density at radius 3 is 2.40 bits per heavy atom. The van der Waals surface area contributed by atoms with Crippen molar-refractivity contribution >= 4 is 0 Å². The molecular formula is C17H15F3. The Bertz CT molecular complexity index is 644. The summed E-state index contributed by atoms with van der Waals surface area (Å²) in [7, 11) is 0. The summed E-state index contributed by atoms with van der Waals surface area (Å²) in [5.41, 5.74) is 3.29. The van der Waals surface area contributed by atoms with Gasteiger partial charge in [0.15, 0.2) is 17.5 Å². The van der Waals surface area contributed by atoms with Gasteiger partial charge < -0.3 is 0 Å². The van der Waals surface area contributed by atoms with Crippen molar-refractivity contribution in [3.8, 4) is 0 Å². The molecule has 0 saturated carbocycles. The first-order valence-corrected chi connectivity index (χ1v) is 6.78. The van der Waals surface area contributed by atoms with E-state index in [2.05, 4.69) is 12.1 Å². The molecule has 1 aliphatic rings. The lowest BCUT2D eigenvalue weighted by atomic mass is 9.80. The number of aryl methyl sites for hydroxylation is 1. The molecule has 1 aliphatic carbocycles. The zero-order valence-electron chi connectivity index (χ0n) is 11.2. The van der Waals surface area contributed by atoms with Crippen LogP contribution < -0.4 is 0 Å². The second-order valence-corrected chi connectivity index (χ2v) is 5.47. The van der Waals surface area contributed by atoms with Crippen LogP contribution in [0.5, 0.6) is 0 Å². The highest BCUT2D eigenvalue weighted by atomic mass is 19.2. The van der Waals surface area contributed by atoms with Crippen molar-refractivity contribution in [2.24, 2.45) is 0 Å². The second kappa shape index (κ2) is 4.97. The maximum atomic E-state index is 13.7. The molecule has 20 heavy (non-hydrogen) atoms. The molecule has 0 radical (unpaired) electrons. The lowest BCUT2D eigenvalue weighted by Crippen LogP contribution is -2.16. The smallest absolute Gasteiger partial charge is 0.194 e. The van der Waals surface area contributed by atoms with Gasteiger partial charge in [0.2, 0.25) is 0 Å². The highest BCUT2D eigenvalue weighted by molar-refractivity contribution is 5.36. The fourth-order valence-electron chi connectivity index (χ4n) is 2.94. The van der Waals surface area contributed by atoms with E-state index in [9.17, 15) is 13.2 Å². The molecule has 0 N–H and O–H groups in total. The first-order valence-electron chi connectivity index (χ1n) is 6.78. The van der Waals surface area contributed by atoms with Crippen LogP contribution in [0.25, 0.3) is 0 Å². The highest BCUT2D eigenvalue weighted by Crippen LogP contribution is 2.35. The maximum absolute atomic E-state index is 13.7. The fraction of sp³-hybridized carbons (Fsp3) is 0.294. The zero-order chi connectivity index (χ0) is 14.3. The Morgan fingerprint density at radius 2 is 1.70 bits per heavy atom. The monoisotopic (exact) mass is 276 g/mol. The molecule has 3 heteroatoms. The summed E-state index contributed by atoms with van der Waals surface area (Å²) in [4.78, 5) is 0. The van der Waals surface area contributed by atoms with Crippen LogP contribution in [0.3, 0.4) is 0 Å². The molecule has 0 fully saturated rings. The van der Waals surface area contributed by atoms with Crippen molar-refractivity contribution < 1.29 is 13.2 Å². The predicted molar refractivity (Wildman–Crippen MR) is 72.3 cm³/mol. The molecular weight excluding hydrogens is 261 g/mol. The van der Waals surface area contributed by atoms with E-state index in [0.717, 1.165) is 12.5 Å². The van der Waals surface area contributed by atoms with Gasteiger partial charge >= 0.3 is 0 Å². The lowest BCUT2D eigenvalue weighted by Gasteiger charge is -2.25. The van der Waals surface area contributed by atoms with E-state index in [1.54, 1.807) is 0 Å². The molecule has 0 aliphatic heterocycles. The Balaban J connectivity index is 1.94. The minimum Gasteiger partial charge on any atom is -0.204 e. The highest BCUT2D eigenvalue weighted by Gasteiger charge is 2.26. The third-order valence-electron chi connectivity index (χ3n) is 4.11. The van der Waals surface area contributed by atoms with Crippen molar-refractivity contribution in [1.82, 2.24) is 0 Å². The summed E-state index contributed by atoms with van der Waals surface area (Å²) < 4.78 is 40.3. The fourth-order valence-corrected chi connectivity index (χ4v) is 2.94. The van der Waals surface area contributed by atoms with Gasteiger partial charge in [-0.25, -0.2) is 13.2 Å². The minimum absolute atomic E-state index is 0.243. The number of halogens is 3. The van der Waals surface area contributed by atoms with E-state index in [0.29, 0.717) is 24.0 Å². The Kier molecular flexibility index (Phi) is 3.28. The van der Waals surface area contributed by atoms with Gasteiger partial charge in [0.05, 0.1) is 0 Å². The van der Waals surface area contributed by atoms with Gasteiger partial charge in [0.25, 0.3) is 0 Å². The van der Waals surface area contributed by atoms with E-state index < -0.39 is 17.5 Å².